The van der Waals surface area contributed by atoms with Gasteiger partial charge >= 0.3 is 0 Å². The Morgan fingerprint density at radius 3 is 1.88 bits per heavy atom. The van der Waals surface area contributed by atoms with Crippen molar-refractivity contribution < 1.29 is 18.1 Å². The first-order chi connectivity index (χ1) is 15.6. The fourth-order valence-corrected chi connectivity index (χ4v) is 4.32. The minimum absolute atomic E-state index is 0.111. The molecule has 1 amide bonds. The molecule has 0 aliphatic heterocycles. The summed E-state index contributed by atoms with van der Waals surface area (Å²) in [7, 11) is -3.89. The maximum atomic E-state index is 13.4. The highest BCUT2D eigenvalue weighted by Crippen LogP contribution is 2.27. The molecule has 172 valence electrons. The molecule has 0 radical (unpaired) electrons. The van der Waals surface area contributed by atoms with Crippen LogP contribution in [0.15, 0.2) is 78.9 Å². The molecule has 8 nitrogen and oxygen atoms in total. The average Bonchev–Trinajstić information content (AvgIpc) is 2.78. The molecule has 0 bridgehead atoms. The Morgan fingerprint density at radius 1 is 0.909 bits per heavy atom. The second-order valence-corrected chi connectivity index (χ2v) is 9.63. The zero-order valence-corrected chi connectivity index (χ0v) is 19.2. The van der Waals surface area contributed by atoms with Gasteiger partial charge in [-0.2, -0.15) is 0 Å². The van der Waals surface area contributed by atoms with E-state index in [1.165, 1.54) is 18.2 Å². The number of non-ortho nitro benzene ring substituents is 1. The van der Waals surface area contributed by atoms with E-state index in [0.29, 0.717) is 18.7 Å². The van der Waals surface area contributed by atoms with E-state index >= 15 is 0 Å². The zero-order valence-electron chi connectivity index (χ0n) is 18.4. The van der Waals surface area contributed by atoms with Crippen LogP contribution in [-0.4, -0.2) is 36.9 Å². The van der Waals surface area contributed by atoms with Crippen molar-refractivity contribution in [2.75, 3.05) is 17.1 Å². The number of nitro benzene ring substituents is 1. The van der Waals surface area contributed by atoms with Gasteiger partial charge < -0.3 is 4.90 Å². The summed E-state index contributed by atoms with van der Waals surface area (Å²) in [6, 6.07) is 22.8. The highest BCUT2D eigenvalue weighted by Gasteiger charge is 2.27. The van der Waals surface area contributed by atoms with E-state index in [-0.39, 0.29) is 11.4 Å². The average molecular weight is 468 g/mol. The van der Waals surface area contributed by atoms with Crippen molar-refractivity contribution in [3.63, 3.8) is 0 Å². The van der Waals surface area contributed by atoms with E-state index < -0.39 is 27.4 Å². The molecule has 9 heteroatoms. The molecule has 0 fully saturated rings. The zero-order chi connectivity index (χ0) is 24.0. The maximum absolute atomic E-state index is 13.4. The molecule has 33 heavy (non-hydrogen) atoms. The van der Waals surface area contributed by atoms with E-state index in [9.17, 15) is 23.3 Å². The first-order valence-electron chi connectivity index (χ1n) is 10.2. The summed E-state index contributed by atoms with van der Waals surface area (Å²) in [5, 5.41) is 11.2. The van der Waals surface area contributed by atoms with Gasteiger partial charge in [0.2, 0.25) is 15.9 Å². The van der Waals surface area contributed by atoms with Crippen molar-refractivity contribution in [3.8, 4) is 0 Å². The van der Waals surface area contributed by atoms with Crippen LogP contribution in [0.4, 0.5) is 11.4 Å². The van der Waals surface area contributed by atoms with Gasteiger partial charge in [0.25, 0.3) is 5.69 Å². The van der Waals surface area contributed by atoms with Crippen LogP contribution in [0.5, 0.6) is 0 Å². The lowest BCUT2D eigenvalue weighted by atomic mass is 10.1. The van der Waals surface area contributed by atoms with Crippen LogP contribution in [-0.2, 0) is 27.9 Å². The molecule has 0 atom stereocenters. The molecule has 0 saturated heterocycles. The lowest BCUT2D eigenvalue weighted by Crippen LogP contribution is -2.42. The molecule has 0 heterocycles. The molecular formula is C24H25N3O5S. The quantitative estimate of drug-likeness (QED) is 0.351. The monoisotopic (exact) mass is 467 g/mol. The molecule has 0 aliphatic rings. The minimum atomic E-state index is -3.89. The first-order valence-corrected chi connectivity index (χ1v) is 12.1. The van der Waals surface area contributed by atoms with Crippen molar-refractivity contribution in [2.24, 2.45) is 0 Å². The number of carbonyl (C=O) groups excluding carboxylic acids is 1. The van der Waals surface area contributed by atoms with Crippen molar-refractivity contribution in [1.29, 1.82) is 0 Å². The lowest BCUT2D eigenvalue weighted by Gasteiger charge is -2.28. The third-order valence-electron chi connectivity index (χ3n) is 5.14. The molecule has 0 unspecified atom stereocenters. The van der Waals surface area contributed by atoms with Gasteiger partial charge in [0.05, 0.1) is 16.9 Å². The van der Waals surface area contributed by atoms with Crippen molar-refractivity contribution in [1.82, 2.24) is 4.90 Å². The van der Waals surface area contributed by atoms with Gasteiger partial charge in [-0.25, -0.2) is 8.42 Å². The Labute approximate surface area is 193 Å². The smallest absolute Gasteiger partial charge is 0.271 e. The molecule has 0 aromatic heterocycles. The van der Waals surface area contributed by atoms with Crippen molar-refractivity contribution in [2.45, 2.75) is 20.0 Å². The van der Waals surface area contributed by atoms with Crippen LogP contribution in [0.3, 0.4) is 0 Å². The highest BCUT2D eigenvalue weighted by molar-refractivity contribution is 7.92. The van der Waals surface area contributed by atoms with Crippen LogP contribution < -0.4 is 4.31 Å². The van der Waals surface area contributed by atoms with Crippen LogP contribution in [0.1, 0.15) is 16.7 Å². The number of aryl methyl sites for hydroxylation is 1. The molecule has 0 N–H and O–H groups in total. The number of carbonyl (C=O) groups is 1. The molecule has 0 saturated carbocycles. The normalized spacial score (nSPS) is 11.1. The van der Waals surface area contributed by atoms with E-state index in [1.807, 2.05) is 60.7 Å². The summed E-state index contributed by atoms with van der Waals surface area (Å²) in [4.78, 5) is 25.6. The number of rotatable bonds is 9. The standard InChI is InChI=1S/C24H25N3O5S/c1-19-13-14-22(27(29)30)15-23(19)26(33(2,31)32)18-24(28)25(16-20-9-5-3-6-10-20)17-21-11-7-4-8-12-21/h3-15H,16-18H2,1-2H3. The Morgan fingerprint density at radius 2 is 1.42 bits per heavy atom. The maximum Gasteiger partial charge on any atom is 0.271 e. The fourth-order valence-electron chi connectivity index (χ4n) is 3.42. The van der Waals surface area contributed by atoms with Crippen LogP contribution in [0.25, 0.3) is 0 Å². The Bertz CT molecular complexity index is 1190. The van der Waals surface area contributed by atoms with E-state index in [2.05, 4.69) is 0 Å². The molecule has 0 spiro atoms. The van der Waals surface area contributed by atoms with Gasteiger partial charge in [0, 0.05) is 25.2 Å². The fraction of sp³-hybridized carbons (Fsp3) is 0.208. The van der Waals surface area contributed by atoms with E-state index in [0.717, 1.165) is 21.7 Å². The number of nitrogens with zero attached hydrogens (tertiary/aromatic N) is 3. The molecule has 3 rings (SSSR count). The highest BCUT2D eigenvalue weighted by atomic mass is 32.2. The number of sulfonamides is 1. The predicted octanol–water partition coefficient (Wildman–Crippen LogP) is 3.90. The van der Waals surface area contributed by atoms with E-state index in [4.69, 9.17) is 0 Å². The topological polar surface area (TPSA) is 101 Å². The van der Waals surface area contributed by atoms with Gasteiger partial charge in [0.15, 0.2) is 0 Å². The second kappa shape index (κ2) is 10.3. The Hall–Kier alpha value is -3.72. The third kappa shape index (κ3) is 6.39. The van der Waals surface area contributed by atoms with Crippen LogP contribution in [0.2, 0.25) is 0 Å². The molecule has 3 aromatic rings. The molecular weight excluding hydrogens is 442 g/mol. The number of anilines is 1. The summed E-state index contributed by atoms with van der Waals surface area (Å²) >= 11 is 0. The summed E-state index contributed by atoms with van der Waals surface area (Å²) < 4.78 is 26.2. The van der Waals surface area contributed by atoms with Crippen molar-refractivity contribution in [3.05, 3.63) is 106 Å². The Balaban J connectivity index is 1.95. The predicted molar refractivity (Wildman–Crippen MR) is 127 cm³/mol. The minimum Gasteiger partial charge on any atom is -0.332 e. The summed E-state index contributed by atoms with van der Waals surface area (Å²) in [6.07, 6.45) is 0.983. The molecule has 0 aliphatic carbocycles. The van der Waals surface area contributed by atoms with Gasteiger partial charge in [-0.3, -0.25) is 19.2 Å². The Kier molecular flexibility index (Phi) is 7.44. The lowest BCUT2D eigenvalue weighted by molar-refractivity contribution is -0.384. The van der Waals surface area contributed by atoms with Crippen molar-refractivity contribution >= 4 is 27.3 Å². The van der Waals surface area contributed by atoms with Gasteiger partial charge in [0.1, 0.15) is 6.54 Å². The van der Waals surface area contributed by atoms with Gasteiger partial charge in [-0.05, 0) is 23.6 Å². The number of hydrogen-bond donors (Lipinski definition) is 0. The van der Waals surface area contributed by atoms with Gasteiger partial charge in [-0.15, -0.1) is 0 Å². The number of hydrogen-bond acceptors (Lipinski definition) is 5. The SMILES string of the molecule is Cc1ccc([N+](=O)[O-])cc1N(CC(=O)N(Cc1ccccc1)Cc1ccccc1)S(C)(=O)=O. The van der Waals surface area contributed by atoms with Crippen LogP contribution in [0, 0.1) is 17.0 Å². The summed E-state index contributed by atoms with van der Waals surface area (Å²) in [5.41, 5.74) is 2.18. The largest absolute Gasteiger partial charge is 0.332 e. The first kappa shape index (κ1) is 23.9. The van der Waals surface area contributed by atoms with Gasteiger partial charge in [-0.1, -0.05) is 66.7 Å². The second-order valence-electron chi connectivity index (χ2n) is 7.72. The summed E-state index contributed by atoms with van der Waals surface area (Å²) in [6.45, 7) is 1.76. The van der Waals surface area contributed by atoms with E-state index in [1.54, 1.807) is 11.8 Å². The number of benzene rings is 3. The van der Waals surface area contributed by atoms with Crippen LogP contribution >= 0.6 is 0 Å². The number of amides is 1. The number of nitro groups is 1. The third-order valence-corrected chi connectivity index (χ3v) is 6.26. The summed E-state index contributed by atoms with van der Waals surface area (Å²) in [5.74, 6) is -0.418. The molecule has 3 aromatic carbocycles.